The number of aromatic nitrogens is 2. The zero-order valence-corrected chi connectivity index (χ0v) is 21.0. The smallest absolute Gasteiger partial charge is 0.258 e. The summed E-state index contributed by atoms with van der Waals surface area (Å²) in [5.74, 6) is 1.91. The number of hydrogen-bond acceptors (Lipinski definition) is 7. The van der Waals surface area contributed by atoms with Crippen molar-refractivity contribution in [1.82, 2.24) is 15.0 Å². The van der Waals surface area contributed by atoms with Gasteiger partial charge in [-0.15, -0.1) is 0 Å². The van der Waals surface area contributed by atoms with Crippen molar-refractivity contribution in [2.45, 2.75) is 58.9 Å². The number of benzene rings is 2. The highest BCUT2D eigenvalue weighted by Gasteiger charge is 2.49. The molecule has 0 aliphatic carbocycles. The molecule has 3 aromatic rings. The molecule has 2 saturated heterocycles. The molecule has 3 atom stereocenters. The molecule has 2 fully saturated rings. The van der Waals surface area contributed by atoms with Crippen LogP contribution in [0.15, 0.2) is 47.0 Å². The fraction of sp³-hybridized carbons (Fsp3) is 0.429. The maximum Gasteiger partial charge on any atom is 0.258 e. The van der Waals surface area contributed by atoms with Crippen LogP contribution >= 0.6 is 0 Å². The predicted octanol–water partition coefficient (Wildman–Crippen LogP) is 4.83. The van der Waals surface area contributed by atoms with Crippen LogP contribution in [0.1, 0.15) is 45.2 Å². The van der Waals surface area contributed by atoms with E-state index < -0.39 is 0 Å². The van der Waals surface area contributed by atoms with Gasteiger partial charge in [-0.05, 0) is 49.9 Å². The van der Waals surface area contributed by atoms with Crippen LogP contribution in [0.4, 0.5) is 0 Å². The van der Waals surface area contributed by atoms with Crippen molar-refractivity contribution in [2.24, 2.45) is 11.8 Å². The zero-order valence-electron chi connectivity index (χ0n) is 21.0. The van der Waals surface area contributed by atoms with E-state index in [0.717, 1.165) is 11.1 Å². The lowest BCUT2D eigenvalue weighted by molar-refractivity contribution is -0.131. The Balaban J connectivity index is 1.39. The maximum absolute atomic E-state index is 12.8. The molecule has 0 spiro atoms. The van der Waals surface area contributed by atoms with E-state index in [2.05, 4.69) is 30.1 Å². The molecule has 8 nitrogen and oxygen atoms in total. The molecule has 5 rings (SSSR count). The normalized spacial score (nSPS) is 21.3. The van der Waals surface area contributed by atoms with Gasteiger partial charge in [-0.3, -0.25) is 4.79 Å². The van der Waals surface area contributed by atoms with Gasteiger partial charge in [-0.1, -0.05) is 43.3 Å². The standard InChI is InChI=1S/C28H30N4O4/c1-16(2)23-15-34-28-20(13-25(33)32(23)28)11-18-7-5-6-8-22(18)26-30-27(36-31-26)19-9-10-24(35-17(3)4)21(12-19)14-29/h5-10,12,16-17,20,23,28H,11,13,15H2,1-4H3/t20-,23?,28+/m1/s1. The van der Waals surface area contributed by atoms with Gasteiger partial charge in [0.25, 0.3) is 5.89 Å². The number of carbonyl (C=O) groups is 1. The summed E-state index contributed by atoms with van der Waals surface area (Å²) < 4.78 is 17.4. The average Bonchev–Trinajstić information content (AvgIpc) is 3.57. The summed E-state index contributed by atoms with van der Waals surface area (Å²) in [6.45, 7) is 8.68. The summed E-state index contributed by atoms with van der Waals surface area (Å²) in [4.78, 5) is 19.4. The number of ether oxygens (including phenoxy) is 2. The Bertz CT molecular complexity index is 1310. The van der Waals surface area contributed by atoms with Gasteiger partial charge in [0.1, 0.15) is 18.0 Å². The summed E-state index contributed by atoms with van der Waals surface area (Å²) in [6.07, 6.45) is 0.927. The number of fused-ring (bicyclic) bond motifs is 1. The summed E-state index contributed by atoms with van der Waals surface area (Å²) in [6, 6.07) is 15.5. The van der Waals surface area contributed by atoms with Crippen LogP contribution in [0.25, 0.3) is 22.8 Å². The lowest BCUT2D eigenvalue weighted by atomic mass is 9.93. The third kappa shape index (κ3) is 4.47. The van der Waals surface area contributed by atoms with Crippen LogP contribution in [0, 0.1) is 23.2 Å². The molecule has 2 aromatic carbocycles. The lowest BCUT2D eigenvalue weighted by Crippen LogP contribution is -2.40. The van der Waals surface area contributed by atoms with E-state index in [1.165, 1.54) is 0 Å². The van der Waals surface area contributed by atoms with Crippen LogP contribution in [0.5, 0.6) is 5.75 Å². The monoisotopic (exact) mass is 486 g/mol. The molecule has 0 bridgehead atoms. The highest BCUT2D eigenvalue weighted by atomic mass is 16.5. The summed E-state index contributed by atoms with van der Waals surface area (Å²) >= 11 is 0. The molecule has 3 heterocycles. The fourth-order valence-corrected chi connectivity index (χ4v) is 5.11. The summed E-state index contributed by atoms with van der Waals surface area (Å²) in [5, 5.41) is 13.8. The highest BCUT2D eigenvalue weighted by Crippen LogP contribution is 2.39. The van der Waals surface area contributed by atoms with Gasteiger partial charge in [-0.2, -0.15) is 10.2 Å². The molecule has 2 aliphatic rings. The second kappa shape index (κ2) is 9.75. The van der Waals surface area contributed by atoms with E-state index >= 15 is 0 Å². The second-order valence-corrected chi connectivity index (χ2v) is 10.1. The first-order valence-corrected chi connectivity index (χ1v) is 12.4. The minimum absolute atomic E-state index is 0.0393. The quantitative estimate of drug-likeness (QED) is 0.471. The molecule has 1 aromatic heterocycles. The van der Waals surface area contributed by atoms with Crippen molar-refractivity contribution >= 4 is 5.91 Å². The Kier molecular flexibility index (Phi) is 6.50. The third-order valence-electron chi connectivity index (χ3n) is 6.84. The maximum atomic E-state index is 12.8. The first-order chi connectivity index (χ1) is 17.4. The molecule has 1 unspecified atom stereocenters. The number of hydrogen-bond donors (Lipinski definition) is 0. The van der Waals surface area contributed by atoms with E-state index in [9.17, 15) is 10.1 Å². The Morgan fingerprint density at radius 3 is 2.75 bits per heavy atom. The molecule has 2 aliphatic heterocycles. The van der Waals surface area contributed by atoms with Gasteiger partial charge in [0, 0.05) is 23.5 Å². The number of nitrogens with zero attached hydrogens (tertiary/aromatic N) is 4. The molecule has 186 valence electrons. The van der Waals surface area contributed by atoms with Crippen LogP contribution < -0.4 is 4.74 Å². The largest absolute Gasteiger partial charge is 0.490 e. The molecule has 0 radical (unpaired) electrons. The molecule has 1 amide bonds. The van der Waals surface area contributed by atoms with Crippen LogP contribution in [-0.2, 0) is 16.0 Å². The first kappa shape index (κ1) is 24.0. The van der Waals surface area contributed by atoms with Crippen molar-refractivity contribution in [3.8, 4) is 34.7 Å². The van der Waals surface area contributed by atoms with Crippen molar-refractivity contribution in [2.75, 3.05) is 6.61 Å². The molecule has 0 saturated carbocycles. The number of nitriles is 1. The van der Waals surface area contributed by atoms with Gasteiger partial charge < -0.3 is 18.9 Å². The zero-order chi connectivity index (χ0) is 25.4. The Morgan fingerprint density at radius 2 is 2.00 bits per heavy atom. The minimum atomic E-state index is -0.185. The van der Waals surface area contributed by atoms with Crippen LogP contribution in [0.3, 0.4) is 0 Å². The van der Waals surface area contributed by atoms with Crippen molar-refractivity contribution < 1.29 is 18.8 Å². The summed E-state index contributed by atoms with van der Waals surface area (Å²) in [5.41, 5.74) is 2.96. The van der Waals surface area contributed by atoms with Crippen LogP contribution in [0.2, 0.25) is 0 Å². The van der Waals surface area contributed by atoms with E-state index in [0.29, 0.717) is 54.0 Å². The fourth-order valence-electron chi connectivity index (χ4n) is 5.11. The molecule has 0 N–H and O–H groups in total. The summed E-state index contributed by atoms with van der Waals surface area (Å²) in [7, 11) is 0. The molecular weight excluding hydrogens is 456 g/mol. The van der Waals surface area contributed by atoms with E-state index in [-0.39, 0.29) is 30.2 Å². The molecule has 8 heteroatoms. The topological polar surface area (TPSA) is 101 Å². The van der Waals surface area contributed by atoms with E-state index in [1.54, 1.807) is 12.1 Å². The van der Waals surface area contributed by atoms with E-state index in [1.807, 2.05) is 49.1 Å². The number of amides is 1. The minimum Gasteiger partial charge on any atom is -0.490 e. The second-order valence-electron chi connectivity index (χ2n) is 10.1. The third-order valence-corrected chi connectivity index (χ3v) is 6.84. The Labute approximate surface area is 210 Å². The first-order valence-electron chi connectivity index (χ1n) is 12.4. The average molecular weight is 487 g/mol. The SMILES string of the molecule is CC(C)Oc1ccc(-c2nc(-c3ccccc3C[C@@H]3CC(=O)N4C(C(C)C)CO[C@@H]34)no2)cc1C#N. The lowest BCUT2D eigenvalue weighted by Gasteiger charge is -2.26. The number of carbonyl (C=O) groups excluding carboxylic acids is 1. The van der Waals surface area contributed by atoms with Crippen molar-refractivity contribution in [1.29, 1.82) is 5.26 Å². The van der Waals surface area contributed by atoms with Gasteiger partial charge in [-0.25, -0.2) is 0 Å². The van der Waals surface area contributed by atoms with Crippen LogP contribution in [-0.4, -0.2) is 45.9 Å². The van der Waals surface area contributed by atoms with Crippen molar-refractivity contribution in [3.05, 3.63) is 53.6 Å². The Hall–Kier alpha value is -3.70. The van der Waals surface area contributed by atoms with Gasteiger partial charge in [0.05, 0.1) is 24.3 Å². The van der Waals surface area contributed by atoms with Gasteiger partial charge in [0.2, 0.25) is 11.7 Å². The molecule has 36 heavy (non-hydrogen) atoms. The van der Waals surface area contributed by atoms with Crippen molar-refractivity contribution in [3.63, 3.8) is 0 Å². The Morgan fingerprint density at radius 1 is 1.19 bits per heavy atom. The van der Waals surface area contributed by atoms with Gasteiger partial charge >= 0.3 is 0 Å². The molecular formula is C28H30N4O4. The van der Waals surface area contributed by atoms with E-state index in [4.69, 9.17) is 14.0 Å². The van der Waals surface area contributed by atoms with Gasteiger partial charge in [0.15, 0.2) is 0 Å². The highest BCUT2D eigenvalue weighted by molar-refractivity contribution is 5.80. The predicted molar refractivity (Wildman–Crippen MR) is 133 cm³/mol. The number of rotatable bonds is 7.